The number of hydrogen-bond donors (Lipinski definition) is 1. The molecule has 0 unspecified atom stereocenters. The number of carbonyl (C=O) groups excluding carboxylic acids is 1. The molecule has 1 fully saturated rings. The first-order chi connectivity index (χ1) is 12.7. The van der Waals surface area contributed by atoms with Crippen molar-refractivity contribution in [3.05, 3.63) is 46.7 Å². The Kier molecular flexibility index (Phi) is 4.90. The lowest BCUT2D eigenvalue weighted by molar-refractivity contribution is 0.122. The largest absolute Gasteiger partial charge is 0.378 e. The second-order valence-corrected chi connectivity index (χ2v) is 6.79. The molecule has 7 nitrogen and oxygen atoms in total. The van der Waals surface area contributed by atoms with Crippen LogP contribution in [0.25, 0.3) is 0 Å². The molecule has 2 aliphatic heterocycles. The van der Waals surface area contributed by atoms with Crippen molar-refractivity contribution >= 4 is 29.3 Å². The van der Waals surface area contributed by atoms with Crippen LogP contribution in [-0.4, -0.2) is 53.7 Å². The molecular weight excluding hydrogens is 354 g/mol. The lowest BCUT2D eigenvalue weighted by Gasteiger charge is -2.30. The maximum absolute atomic E-state index is 12.6. The third-order valence-corrected chi connectivity index (χ3v) is 4.86. The van der Waals surface area contributed by atoms with E-state index in [1.165, 1.54) is 0 Å². The molecule has 4 rings (SSSR count). The molecule has 8 heteroatoms. The number of nitrogens with zero attached hydrogens (tertiary/aromatic N) is 4. The van der Waals surface area contributed by atoms with Gasteiger partial charge in [0.15, 0.2) is 0 Å². The highest BCUT2D eigenvalue weighted by atomic mass is 35.5. The zero-order valence-electron chi connectivity index (χ0n) is 14.3. The van der Waals surface area contributed by atoms with Crippen molar-refractivity contribution in [2.75, 3.05) is 43.1 Å². The van der Waals surface area contributed by atoms with Gasteiger partial charge in [-0.1, -0.05) is 11.6 Å². The van der Waals surface area contributed by atoms with Gasteiger partial charge in [0.05, 0.1) is 25.5 Å². The summed E-state index contributed by atoms with van der Waals surface area (Å²) < 4.78 is 5.38. The summed E-state index contributed by atoms with van der Waals surface area (Å²) in [4.78, 5) is 25.7. The average Bonchev–Trinajstić information content (AvgIpc) is 2.69. The van der Waals surface area contributed by atoms with E-state index in [1.54, 1.807) is 29.2 Å². The van der Waals surface area contributed by atoms with Gasteiger partial charge in [-0.3, -0.25) is 0 Å². The van der Waals surface area contributed by atoms with E-state index in [2.05, 4.69) is 15.2 Å². The average molecular weight is 374 g/mol. The van der Waals surface area contributed by atoms with Crippen LogP contribution >= 0.6 is 11.6 Å². The van der Waals surface area contributed by atoms with E-state index in [9.17, 15) is 4.79 Å². The highest BCUT2D eigenvalue weighted by Gasteiger charge is 2.24. The molecule has 136 valence electrons. The first-order valence-electron chi connectivity index (χ1n) is 8.68. The van der Waals surface area contributed by atoms with Gasteiger partial charge in [0.25, 0.3) is 0 Å². The van der Waals surface area contributed by atoms with Crippen LogP contribution in [0.4, 0.5) is 16.4 Å². The molecule has 0 bridgehead atoms. The van der Waals surface area contributed by atoms with Crippen molar-refractivity contribution < 1.29 is 9.53 Å². The topological polar surface area (TPSA) is 70.6 Å². The van der Waals surface area contributed by atoms with Gasteiger partial charge in [-0.05, 0) is 36.2 Å². The lowest BCUT2D eigenvalue weighted by Crippen LogP contribution is -2.40. The first-order valence-corrected chi connectivity index (χ1v) is 9.06. The zero-order valence-corrected chi connectivity index (χ0v) is 15.1. The summed E-state index contributed by atoms with van der Waals surface area (Å²) in [7, 11) is 0. The van der Waals surface area contributed by atoms with E-state index in [4.69, 9.17) is 21.3 Å². The quantitative estimate of drug-likeness (QED) is 0.876. The third kappa shape index (κ3) is 3.73. The first kappa shape index (κ1) is 17.1. The summed E-state index contributed by atoms with van der Waals surface area (Å²) in [6, 6.07) is 6.95. The predicted molar refractivity (Wildman–Crippen MR) is 99.6 cm³/mol. The van der Waals surface area contributed by atoms with Gasteiger partial charge >= 0.3 is 6.03 Å². The van der Waals surface area contributed by atoms with Gasteiger partial charge < -0.3 is 19.9 Å². The Morgan fingerprint density at radius 1 is 1.15 bits per heavy atom. The minimum atomic E-state index is -0.135. The van der Waals surface area contributed by atoms with Crippen molar-refractivity contribution in [2.24, 2.45) is 0 Å². The van der Waals surface area contributed by atoms with Crippen molar-refractivity contribution in [2.45, 2.75) is 13.0 Å². The van der Waals surface area contributed by atoms with Gasteiger partial charge in [0, 0.05) is 36.5 Å². The summed E-state index contributed by atoms with van der Waals surface area (Å²) in [5, 5.41) is 3.55. The predicted octanol–water partition coefficient (Wildman–Crippen LogP) is 2.56. The Bertz CT molecular complexity index is 793. The Balaban J connectivity index is 1.45. The molecule has 1 aromatic carbocycles. The number of amides is 2. The molecule has 1 aromatic heterocycles. The SMILES string of the molecule is O=C(Nc1ccc(Cl)cc1)N1CCc2cnc(N3CCOCC3)nc2C1. The van der Waals surface area contributed by atoms with Gasteiger partial charge in [-0.2, -0.15) is 0 Å². The number of morpholine rings is 1. The van der Waals surface area contributed by atoms with E-state index in [0.717, 1.165) is 36.5 Å². The minimum Gasteiger partial charge on any atom is -0.378 e. The van der Waals surface area contributed by atoms with Gasteiger partial charge in [0.1, 0.15) is 0 Å². The van der Waals surface area contributed by atoms with E-state index in [0.29, 0.717) is 37.3 Å². The molecule has 3 heterocycles. The van der Waals surface area contributed by atoms with Crippen molar-refractivity contribution in [3.8, 4) is 0 Å². The molecule has 0 radical (unpaired) electrons. The number of benzene rings is 1. The highest BCUT2D eigenvalue weighted by molar-refractivity contribution is 6.30. The number of rotatable bonds is 2. The molecule has 0 aliphatic carbocycles. The maximum atomic E-state index is 12.6. The summed E-state index contributed by atoms with van der Waals surface area (Å²) >= 11 is 5.88. The molecular formula is C18H20ClN5O2. The Morgan fingerprint density at radius 3 is 2.69 bits per heavy atom. The molecule has 0 spiro atoms. The molecule has 0 atom stereocenters. The Morgan fingerprint density at radius 2 is 1.92 bits per heavy atom. The van der Waals surface area contributed by atoms with Crippen LogP contribution in [0.5, 0.6) is 0 Å². The van der Waals surface area contributed by atoms with E-state index in [-0.39, 0.29) is 6.03 Å². The minimum absolute atomic E-state index is 0.135. The fourth-order valence-corrected chi connectivity index (χ4v) is 3.24. The third-order valence-electron chi connectivity index (χ3n) is 4.61. The maximum Gasteiger partial charge on any atom is 0.322 e. The number of nitrogens with one attached hydrogen (secondary N) is 1. The fraction of sp³-hybridized carbons (Fsp3) is 0.389. The van der Waals surface area contributed by atoms with Gasteiger partial charge in [-0.15, -0.1) is 0 Å². The second kappa shape index (κ2) is 7.47. The number of fused-ring (bicyclic) bond motifs is 1. The number of carbonyl (C=O) groups is 1. The number of aromatic nitrogens is 2. The van der Waals surface area contributed by atoms with Gasteiger partial charge in [0.2, 0.25) is 5.95 Å². The number of urea groups is 1. The van der Waals surface area contributed by atoms with Crippen LogP contribution in [0.2, 0.25) is 5.02 Å². The number of halogens is 1. The van der Waals surface area contributed by atoms with E-state index < -0.39 is 0 Å². The molecule has 2 amide bonds. The number of hydrogen-bond acceptors (Lipinski definition) is 5. The standard InChI is InChI=1S/C18H20ClN5O2/c19-14-1-3-15(4-2-14)21-18(25)24-6-5-13-11-20-17(22-16(13)12-24)23-7-9-26-10-8-23/h1-4,11H,5-10,12H2,(H,21,25). The van der Waals surface area contributed by atoms with Crippen LogP contribution in [0.3, 0.4) is 0 Å². The lowest BCUT2D eigenvalue weighted by atomic mass is 10.1. The summed E-state index contributed by atoms with van der Waals surface area (Å²) in [5.74, 6) is 0.715. The van der Waals surface area contributed by atoms with Crippen LogP contribution in [0.1, 0.15) is 11.3 Å². The van der Waals surface area contributed by atoms with Crippen LogP contribution in [-0.2, 0) is 17.7 Å². The highest BCUT2D eigenvalue weighted by Crippen LogP contribution is 2.21. The summed E-state index contributed by atoms with van der Waals surface area (Å²) in [6.45, 7) is 4.09. The normalized spacial score (nSPS) is 17.0. The summed E-state index contributed by atoms with van der Waals surface area (Å²) in [5.41, 5.74) is 2.75. The van der Waals surface area contributed by atoms with E-state index >= 15 is 0 Å². The van der Waals surface area contributed by atoms with Crippen molar-refractivity contribution in [1.29, 1.82) is 0 Å². The Hall–Kier alpha value is -2.38. The fourth-order valence-electron chi connectivity index (χ4n) is 3.12. The zero-order chi connectivity index (χ0) is 17.9. The van der Waals surface area contributed by atoms with Crippen molar-refractivity contribution in [3.63, 3.8) is 0 Å². The molecule has 1 saturated heterocycles. The van der Waals surface area contributed by atoms with Crippen LogP contribution in [0.15, 0.2) is 30.5 Å². The molecule has 0 saturated carbocycles. The molecule has 2 aliphatic rings. The summed E-state index contributed by atoms with van der Waals surface area (Å²) in [6.07, 6.45) is 2.65. The Labute approximate surface area is 156 Å². The number of anilines is 2. The molecule has 1 N–H and O–H groups in total. The molecule has 2 aromatic rings. The second-order valence-electron chi connectivity index (χ2n) is 6.35. The van der Waals surface area contributed by atoms with Crippen molar-refractivity contribution in [1.82, 2.24) is 14.9 Å². The van der Waals surface area contributed by atoms with Gasteiger partial charge in [-0.25, -0.2) is 14.8 Å². The smallest absolute Gasteiger partial charge is 0.322 e. The van der Waals surface area contributed by atoms with E-state index in [1.807, 2.05) is 6.20 Å². The molecule has 26 heavy (non-hydrogen) atoms. The van der Waals surface area contributed by atoms with Crippen LogP contribution < -0.4 is 10.2 Å². The number of ether oxygens (including phenoxy) is 1. The monoisotopic (exact) mass is 373 g/mol. The van der Waals surface area contributed by atoms with Crippen LogP contribution in [0, 0.1) is 0 Å².